The highest BCUT2D eigenvalue weighted by atomic mass is 32.1. The lowest BCUT2D eigenvalue weighted by Gasteiger charge is -2.13. The van der Waals surface area contributed by atoms with E-state index in [9.17, 15) is 14.0 Å². The average molecular weight is 464 g/mol. The van der Waals surface area contributed by atoms with Crippen molar-refractivity contribution >= 4 is 28.8 Å². The van der Waals surface area contributed by atoms with E-state index in [1.165, 1.54) is 28.2 Å². The van der Waals surface area contributed by atoms with Crippen LogP contribution in [0.2, 0.25) is 0 Å². The monoisotopic (exact) mass is 463 g/mol. The van der Waals surface area contributed by atoms with Crippen LogP contribution >= 0.6 is 11.3 Å². The second-order valence-corrected chi connectivity index (χ2v) is 8.58. The lowest BCUT2D eigenvalue weighted by Crippen LogP contribution is -2.33. The van der Waals surface area contributed by atoms with E-state index in [4.69, 9.17) is 0 Å². The van der Waals surface area contributed by atoms with Crippen LogP contribution in [0.3, 0.4) is 0 Å². The normalized spacial score (nSPS) is 10.8. The number of halogens is 1. The molecule has 2 aromatic heterocycles. The number of thiophene rings is 1. The molecule has 0 aliphatic carbocycles. The molecular formula is C24H22FN5O2S. The molecule has 0 aliphatic rings. The van der Waals surface area contributed by atoms with Gasteiger partial charge in [-0.15, -0.1) is 16.4 Å². The van der Waals surface area contributed by atoms with Crippen LogP contribution in [0.5, 0.6) is 0 Å². The van der Waals surface area contributed by atoms with Crippen molar-refractivity contribution in [3.05, 3.63) is 82.2 Å². The standard InChI is InChI=1S/C24H22FN5O2S/c1-14-10-15(2)21(16(3)11-14)27-20(31)13-26-24(32)22-28-23(19-8-5-9-33-19)30(29-22)18-7-4-6-17(25)12-18/h4-12H,13H2,1-3H3,(H,26,32)(H,27,31). The highest BCUT2D eigenvalue weighted by Gasteiger charge is 2.20. The van der Waals surface area contributed by atoms with E-state index < -0.39 is 11.7 Å². The molecule has 2 heterocycles. The summed E-state index contributed by atoms with van der Waals surface area (Å²) in [5.41, 5.74) is 4.17. The van der Waals surface area contributed by atoms with Crippen LogP contribution in [0.15, 0.2) is 53.9 Å². The summed E-state index contributed by atoms with van der Waals surface area (Å²) in [4.78, 5) is 30.3. The van der Waals surface area contributed by atoms with Gasteiger partial charge in [-0.3, -0.25) is 9.59 Å². The van der Waals surface area contributed by atoms with Gasteiger partial charge in [-0.05, 0) is 61.5 Å². The molecule has 2 amide bonds. The molecule has 0 spiro atoms. The number of hydrogen-bond donors (Lipinski definition) is 2. The fourth-order valence-electron chi connectivity index (χ4n) is 3.56. The number of carbonyl (C=O) groups excluding carboxylic acids is 2. The minimum absolute atomic E-state index is 0.113. The molecule has 0 fully saturated rings. The number of amides is 2. The van der Waals surface area contributed by atoms with Crippen LogP contribution in [0.1, 0.15) is 27.3 Å². The van der Waals surface area contributed by atoms with Gasteiger partial charge in [0.1, 0.15) is 5.82 Å². The van der Waals surface area contributed by atoms with Crippen LogP contribution in [0, 0.1) is 26.6 Å². The number of aromatic nitrogens is 3. The number of carbonyl (C=O) groups is 2. The summed E-state index contributed by atoms with van der Waals surface area (Å²) >= 11 is 1.42. The zero-order chi connectivity index (χ0) is 23.5. The summed E-state index contributed by atoms with van der Waals surface area (Å²) in [7, 11) is 0. The van der Waals surface area contributed by atoms with Gasteiger partial charge in [0.25, 0.3) is 5.91 Å². The number of aryl methyl sites for hydroxylation is 3. The smallest absolute Gasteiger partial charge is 0.291 e. The van der Waals surface area contributed by atoms with Gasteiger partial charge in [0.15, 0.2) is 5.82 Å². The lowest BCUT2D eigenvalue weighted by molar-refractivity contribution is -0.115. The Morgan fingerprint density at radius 3 is 2.48 bits per heavy atom. The predicted molar refractivity (Wildman–Crippen MR) is 126 cm³/mol. The molecule has 0 atom stereocenters. The second-order valence-electron chi connectivity index (χ2n) is 7.63. The summed E-state index contributed by atoms with van der Waals surface area (Å²) in [6, 6.07) is 13.5. The third-order valence-corrected chi connectivity index (χ3v) is 5.82. The van der Waals surface area contributed by atoms with Crippen LogP contribution in [-0.4, -0.2) is 33.1 Å². The Hall–Kier alpha value is -3.85. The first-order valence-electron chi connectivity index (χ1n) is 10.2. The van der Waals surface area contributed by atoms with E-state index in [1.807, 2.05) is 50.4 Å². The van der Waals surface area contributed by atoms with Crippen molar-refractivity contribution in [1.29, 1.82) is 0 Å². The number of nitrogens with zero attached hydrogens (tertiary/aromatic N) is 3. The Bertz CT molecular complexity index is 1310. The van der Waals surface area contributed by atoms with E-state index in [2.05, 4.69) is 20.7 Å². The van der Waals surface area contributed by atoms with E-state index in [1.54, 1.807) is 12.1 Å². The molecule has 4 aromatic rings. The van der Waals surface area contributed by atoms with Gasteiger partial charge in [-0.25, -0.2) is 14.1 Å². The summed E-state index contributed by atoms with van der Waals surface area (Å²) in [6.07, 6.45) is 0. The number of hydrogen-bond acceptors (Lipinski definition) is 5. The van der Waals surface area contributed by atoms with Crippen LogP contribution in [-0.2, 0) is 4.79 Å². The van der Waals surface area contributed by atoms with Crippen molar-refractivity contribution in [3.63, 3.8) is 0 Å². The van der Waals surface area contributed by atoms with Crippen molar-refractivity contribution in [2.45, 2.75) is 20.8 Å². The topological polar surface area (TPSA) is 88.9 Å². The van der Waals surface area contributed by atoms with E-state index in [0.717, 1.165) is 27.3 Å². The maximum absolute atomic E-state index is 13.8. The Kier molecular flexibility index (Phi) is 6.32. The Balaban J connectivity index is 1.52. The van der Waals surface area contributed by atoms with Gasteiger partial charge in [-0.2, -0.15) is 0 Å². The zero-order valence-corrected chi connectivity index (χ0v) is 19.2. The van der Waals surface area contributed by atoms with Gasteiger partial charge < -0.3 is 10.6 Å². The SMILES string of the molecule is Cc1cc(C)c(NC(=O)CNC(=O)c2nc(-c3cccs3)n(-c3cccc(F)c3)n2)c(C)c1. The molecular weight excluding hydrogens is 441 g/mol. The number of benzene rings is 2. The summed E-state index contributed by atoms with van der Waals surface area (Å²) < 4.78 is 15.2. The minimum Gasteiger partial charge on any atom is -0.340 e. The lowest BCUT2D eigenvalue weighted by atomic mass is 10.1. The molecule has 2 aromatic carbocycles. The molecule has 0 unspecified atom stereocenters. The molecule has 0 bridgehead atoms. The highest BCUT2D eigenvalue weighted by Crippen LogP contribution is 2.26. The van der Waals surface area contributed by atoms with Crippen LogP contribution in [0.25, 0.3) is 16.4 Å². The Morgan fingerprint density at radius 1 is 1.06 bits per heavy atom. The van der Waals surface area contributed by atoms with Gasteiger partial charge >= 0.3 is 0 Å². The zero-order valence-electron chi connectivity index (χ0n) is 18.3. The van der Waals surface area contributed by atoms with Gasteiger partial charge in [-0.1, -0.05) is 29.8 Å². The van der Waals surface area contributed by atoms with Crippen LogP contribution < -0.4 is 10.6 Å². The molecule has 0 saturated heterocycles. The van der Waals surface area contributed by atoms with E-state index >= 15 is 0 Å². The molecule has 0 aliphatic heterocycles. The quantitative estimate of drug-likeness (QED) is 0.443. The van der Waals surface area contributed by atoms with E-state index in [0.29, 0.717) is 11.5 Å². The number of rotatable bonds is 6. The van der Waals surface area contributed by atoms with Gasteiger partial charge in [0.2, 0.25) is 11.7 Å². The van der Waals surface area contributed by atoms with Crippen molar-refractivity contribution in [2.24, 2.45) is 0 Å². The largest absolute Gasteiger partial charge is 0.340 e. The third kappa shape index (κ3) is 4.98. The fraction of sp³-hybridized carbons (Fsp3) is 0.167. The van der Waals surface area contributed by atoms with Crippen molar-refractivity contribution in [1.82, 2.24) is 20.1 Å². The molecule has 4 rings (SSSR count). The van der Waals surface area contributed by atoms with Crippen molar-refractivity contribution in [3.8, 4) is 16.4 Å². The first-order valence-corrected chi connectivity index (χ1v) is 11.1. The number of anilines is 1. The highest BCUT2D eigenvalue weighted by molar-refractivity contribution is 7.13. The van der Waals surface area contributed by atoms with Crippen molar-refractivity contribution in [2.75, 3.05) is 11.9 Å². The summed E-state index contributed by atoms with van der Waals surface area (Å²) in [6.45, 7) is 5.59. The van der Waals surface area contributed by atoms with Gasteiger partial charge in [0, 0.05) is 5.69 Å². The third-order valence-electron chi connectivity index (χ3n) is 4.96. The molecule has 33 heavy (non-hydrogen) atoms. The second kappa shape index (κ2) is 9.33. The Labute approximate surface area is 194 Å². The first kappa shape index (κ1) is 22.3. The minimum atomic E-state index is -0.601. The average Bonchev–Trinajstić information content (AvgIpc) is 3.44. The summed E-state index contributed by atoms with van der Waals surface area (Å²) in [5.74, 6) is -1.09. The molecule has 7 nitrogen and oxygen atoms in total. The molecule has 2 N–H and O–H groups in total. The maximum atomic E-state index is 13.8. The molecule has 0 saturated carbocycles. The molecule has 9 heteroatoms. The predicted octanol–water partition coefficient (Wildman–Crippen LogP) is 4.43. The molecule has 168 valence electrons. The van der Waals surface area contributed by atoms with E-state index in [-0.39, 0.29) is 18.3 Å². The summed E-state index contributed by atoms with van der Waals surface area (Å²) in [5, 5.41) is 11.6. The Morgan fingerprint density at radius 2 is 1.82 bits per heavy atom. The van der Waals surface area contributed by atoms with Crippen LogP contribution in [0.4, 0.5) is 10.1 Å². The maximum Gasteiger partial charge on any atom is 0.291 e. The van der Waals surface area contributed by atoms with Crippen molar-refractivity contribution < 1.29 is 14.0 Å². The molecule has 0 radical (unpaired) electrons. The first-order chi connectivity index (χ1) is 15.8. The fourth-order valence-corrected chi connectivity index (χ4v) is 4.26. The number of nitrogens with one attached hydrogen (secondary N) is 2. The van der Waals surface area contributed by atoms with Gasteiger partial charge in [0.05, 0.1) is 17.1 Å².